The van der Waals surface area contributed by atoms with Crippen molar-refractivity contribution in [3.8, 4) is 0 Å². The van der Waals surface area contributed by atoms with Crippen molar-refractivity contribution in [1.82, 2.24) is 0 Å². The van der Waals surface area contributed by atoms with Crippen molar-refractivity contribution in [1.29, 1.82) is 0 Å². The number of rotatable bonds is 1. The minimum absolute atomic E-state index is 0.588. The highest BCUT2D eigenvalue weighted by atomic mass is 79.9. The number of halogens is 1. The summed E-state index contributed by atoms with van der Waals surface area (Å²) in [5.74, 6) is 0.588. The van der Waals surface area contributed by atoms with Crippen molar-refractivity contribution in [3.05, 3.63) is 64.1 Å². The Morgan fingerprint density at radius 3 is 2.71 bits per heavy atom. The van der Waals surface area contributed by atoms with Crippen LogP contribution in [0.25, 0.3) is 0 Å². The third kappa shape index (κ3) is 2.22. The molecule has 1 atom stereocenters. The van der Waals surface area contributed by atoms with Gasteiger partial charge in [0.1, 0.15) is 0 Å². The summed E-state index contributed by atoms with van der Waals surface area (Å²) in [6.45, 7) is 1.02. The molecule has 0 saturated heterocycles. The second-order valence-electron chi connectivity index (χ2n) is 4.49. The van der Waals surface area contributed by atoms with E-state index in [1.807, 2.05) is 0 Å². The van der Waals surface area contributed by atoms with Crippen LogP contribution in [0.2, 0.25) is 0 Å². The molecule has 1 aliphatic heterocycles. The molecule has 0 radical (unpaired) electrons. The summed E-state index contributed by atoms with van der Waals surface area (Å²) in [4.78, 5) is 0. The molecule has 0 fully saturated rings. The molecule has 3 rings (SSSR count). The van der Waals surface area contributed by atoms with Crippen molar-refractivity contribution in [2.24, 2.45) is 0 Å². The maximum atomic E-state index is 3.52. The normalized spacial score (nSPS) is 18.3. The standard InChI is InChI=1S/C15H14BrN/c16-14-7-6-12-8-13(10-17-15(12)9-14)11-4-2-1-3-5-11/h1-7,9,13,17H,8,10H2. The topological polar surface area (TPSA) is 12.0 Å². The zero-order chi connectivity index (χ0) is 11.7. The number of nitrogens with one attached hydrogen (secondary N) is 1. The number of anilines is 1. The molecule has 0 spiro atoms. The second-order valence-corrected chi connectivity index (χ2v) is 5.41. The smallest absolute Gasteiger partial charge is 0.0384 e. The lowest BCUT2D eigenvalue weighted by atomic mass is 9.88. The Morgan fingerprint density at radius 2 is 1.88 bits per heavy atom. The van der Waals surface area contributed by atoms with Crippen molar-refractivity contribution >= 4 is 21.6 Å². The summed E-state index contributed by atoms with van der Waals surface area (Å²) >= 11 is 3.51. The lowest BCUT2D eigenvalue weighted by molar-refractivity contribution is 0.695. The maximum absolute atomic E-state index is 3.52. The third-order valence-corrected chi connectivity index (χ3v) is 3.84. The van der Waals surface area contributed by atoms with Gasteiger partial charge in [-0.15, -0.1) is 0 Å². The summed E-state index contributed by atoms with van der Waals surface area (Å²) in [5, 5.41) is 3.52. The van der Waals surface area contributed by atoms with Crippen molar-refractivity contribution in [2.75, 3.05) is 11.9 Å². The first-order valence-corrected chi connectivity index (χ1v) is 6.69. The van der Waals surface area contributed by atoms with E-state index in [1.165, 1.54) is 16.8 Å². The Kier molecular flexibility index (Phi) is 2.89. The van der Waals surface area contributed by atoms with Gasteiger partial charge < -0.3 is 5.32 Å². The minimum atomic E-state index is 0.588. The molecule has 0 saturated carbocycles. The van der Waals surface area contributed by atoms with Crippen LogP contribution in [0.5, 0.6) is 0 Å². The fourth-order valence-corrected chi connectivity index (χ4v) is 2.78. The average Bonchev–Trinajstić information content (AvgIpc) is 2.39. The molecule has 1 nitrogen and oxygen atoms in total. The van der Waals surface area contributed by atoms with Gasteiger partial charge in [-0.25, -0.2) is 0 Å². The number of hydrogen-bond donors (Lipinski definition) is 1. The van der Waals surface area contributed by atoms with Crippen molar-refractivity contribution in [3.63, 3.8) is 0 Å². The quantitative estimate of drug-likeness (QED) is 0.829. The predicted octanol–water partition coefficient (Wildman–Crippen LogP) is 4.20. The van der Waals surface area contributed by atoms with Crippen LogP contribution in [0.15, 0.2) is 53.0 Å². The van der Waals surface area contributed by atoms with E-state index in [2.05, 4.69) is 69.8 Å². The zero-order valence-electron chi connectivity index (χ0n) is 9.49. The Labute approximate surface area is 110 Å². The molecule has 2 aromatic carbocycles. The largest absolute Gasteiger partial charge is 0.384 e. The van der Waals surface area contributed by atoms with Crippen molar-refractivity contribution < 1.29 is 0 Å². The van der Waals surface area contributed by atoms with E-state index in [0.29, 0.717) is 5.92 Å². The van der Waals surface area contributed by atoms with E-state index < -0.39 is 0 Å². The molecule has 2 aromatic rings. The van der Waals surface area contributed by atoms with Gasteiger partial charge in [0.15, 0.2) is 0 Å². The van der Waals surface area contributed by atoms with Crippen LogP contribution in [0, 0.1) is 0 Å². The molecule has 17 heavy (non-hydrogen) atoms. The van der Waals surface area contributed by atoms with Gasteiger partial charge >= 0.3 is 0 Å². The van der Waals surface area contributed by atoms with Gasteiger partial charge in [-0.05, 0) is 29.7 Å². The first kappa shape index (κ1) is 10.8. The number of fused-ring (bicyclic) bond motifs is 1. The SMILES string of the molecule is Brc1ccc2c(c1)NCC(c1ccccc1)C2. The second kappa shape index (κ2) is 4.53. The van der Waals surface area contributed by atoms with E-state index >= 15 is 0 Å². The van der Waals surface area contributed by atoms with Crippen LogP contribution < -0.4 is 5.32 Å². The average molecular weight is 288 g/mol. The molecule has 0 aliphatic carbocycles. The Balaban J connectivity index is 1.88. The van der Waals surface area contributed by atoms with E-state index in [1.54, 1.807) is 0 Å². The lowest BCUT2D eigenvalue weighted by Gasteiger charge is -2.26. The van der Waals surface area contributed by atoms with E-state index in [0.717, 1.165) is 17.4 Å². The molecular weight excluding hydrogens is 274 g/mol. The molecule has 0 aromatic heterocycles. The monoisotopic (exact) mass is 287 g/mol. The van der Waals surface area contributed by atoms with E-state index in [4.69, 9.17) is 0 Å². The van der Waals surface area contributed by atoms with Gasteiger partial charge in [-0.2, -0.15) is 0 Å². The van der Waals surface area contributed by atoms with E-state index in [-0.39, 0.29) is 0 Å². The Hall–Kier alpha value is -1.28. The summed E-state index contributed by atoms with van der Waals surface area (Å²) in [5.41, 5.74) is 4.11. The molecule has 1 unspecified atom stereocenters. The molecule has 86 valence electrons. The lowest BCUT2D eigenvalue weighted by Crippen LogP contribution is -2.21. The Bertz CT molecular complexity index is 522. The molecule has 0 amide bonds. The van der Waals surface area contributed by atoms with Gasteiger partial charge in [0, 0.05) is 22.6 Å². The molecule has 0 bridgehead atoms. The molecule has 1 aliphatic rings. The zero-order valence-corrected chi connectivity index (χ0v) is 11.1. The summed E-state index contributed by atoms with van der Waals surface area (Å²) in [7, 11) is 0. The van der Waals surface area contributed by atoms with Gasteiger partial charge in [0.05, 0.1) is 0 Å². The summed E-state index contributed by atoms with van der Waals surface area (Å²) in [6, 6.07) is 17.2. The summed E-state index contributed by atoms with van der Waals surface area (Å²) < 4.78 is 1.14. The highest BCUT2D eigenvalue weighted by Crippen LogP contribution is 2.32. The third-order valence-electron chi connectivity index (χ3n) is 3.35. The molecule has 1 N–H and O–H groups in total. The van der Waals surface area contributed by atoms with Gasteiger partial charge in [-0.1, -0.05) is 52.3 Å². The van der Waals surface area contributed by atoms with Crippen LogP contribution in [-0.4, -0.2) is 6.54 Å². The highest BCUT2D eigenvalue weighted by Gasteiger charge is 2.19. The first-order valence-electron chi connectivity index (χ1n) is 5.90. The van der Waals surface area contributed by atoms with E-state index in [9.17, 15) is 0 Å². The molecule has 2 heteroatoms. The fraction of sp³-hybridized carbons (Fsp3) is 0.200. The van der Waals surface area contributed by atoms with Crippen LogP contribution >= 0.6 is 15.9 Å². The van der Waals surface area contributed by atoms with Crippen LogP contribution in [0.4, 0.5) is 5.69 Å². The van der Waals surface area contributed by atoms with Crippen LogP contribution in [0.1, 0.15) is 17.0 Å². The van der Waals surface area contributed by atoms with Crippen LogP contribution in [-0.2, 0) is 6.42 Å². The van der Waals surface area contributed by atoms with Gasteiger partial charge in [0.25, 0.3) is 0 Å². The number of hydrogen-bond acceptors (Lipinski definition) is 1. The van der Waals surface area contributed by atoms with Gasteiger partial charge in [-0.3, -0.25) is 0 Å². The molecular formula is C15H14BrN. The summed E-state index contributed by atoms with van der Waals surface area (Å²) in [6.07, 6.45) is 1.12. The highest BCUT2D eigenvalue weighted by molar-refractivity contribution is 9.10. The van der Waals surface area contributed by atoms with Gasteiger partial charge in [0.2, 0.25) is 0 Å². The van der Waals surface area contributed by atoms with Crippen LogP contribution in [0.3, 0.4) is 0 Å². The Morgan fingerprint density at radius 1 is 1.06 bits per heavy atom. The predicted molar refractivity (Wildman–Crippen MR) is 75.5 cm³/mol. The molecule has 1 heterocycles. The van der Waals surface area contributed by atoms with Crippen molar-refractivity contribution in [2.45, 2.75) is 12.3 Å². The maximum Gasteiger partial charge on any atom is 0.0384 e. The fourth-order valence-electron chi connectivity index (χ4n) is 2.42. The number of benzene rings is 2. The minimum Gasteiger partial charge on any atom is -0.384 e. The first-order chi connectivity index (χ1) is 8.33.